The summed E-state index contributed by atoms with van der Waals surface area (Å²) >= 11 is 0. The van der Waals surface area contributed by atoms with Crippen molar-refractivity contribution in [2.24, 2.45) is 46.3 Å². The fourth-order valence-electron chi connectivity index (χ4n) is 9.36. The van der Waals surface area contributed by atoms with Crippen LogP contribution < -0.4 is 0 Å². The first-order chi connectivity index (χ1) is 13.7. The lowest BCUT2D eigenvalue weighted by Gasteiger charge is -2.61. The summed E-state index contributed by atoms with van der Waals surface area (Å²) in [7, 11) is 0. The molecule has 168 valence electrons. The van der Waals surface area contributed by atoms with Crippen molar-refractivity contribution in [3.8, 4) is 0 Å². The number of fused-ring (bicyclic) bond motifs is 5. The van der Waals surface area contributed by atoms with Gasteiger partial charge in [0.1, 0.15) is 0 Å². The van der Waals surface area contributed by atoms with E-state index in [4.69, 9.17) is 0 Å². The largest absolute Gasteiger partial charge is 0.393 e. The molecule has 0 radical (unpaired) electrons. The molecule has 2 N–H and O–H groups in total. The molecule has 4 aliphatic carbocycles. The summed E-state index contributed by atoms with van der Waals surface area (Å²) in [6.07, 6.45) is 17.9. The van der Waals surface area contributed by atoms with Gasteiger partial charge in [-0.05, 0) is 111 Å². The van der Waals surface area contributed by atoms with Crippen LogP contribution in [0.5, 0.6) is 0 Å². The van der Waals surface area contributed by atoms with Crippen LogP contribution in [0.15, 0.2) is 0 Å². The van der Waals surface area contributed by atoms with E-state index in [0.717, 1.165) is 48.3 Å². The third-order valence-corrected chi connectivity index (χ3v) is 11.1. The SMILES string of the molecule is C[C@H](CCCC(C)(O)CO)[C@H]1CC[C@H]2[C@@H]3CCC4CCCC[C@]4(C)[C@H]3CC[C@]12C. The molecular weight excluding hydrogens is 356 g/mol. The maximum atomic E-state index is 10.1. The van der Waals surface area contributed by atoms with Crippen molar-refractivity contribution in [2.45, 2.75) is 117 Å². The molecular formula is C27H48O2. The van der Waals surface area contributed by atoms with Gasteiger partial charge in [0.25, 0.3) is 0 Å². The molecule has 0 aliphatic heterocycles. The molecule has 4 aliphatic rings. The third-order valence-electron chi connectivity index (χ3n) is 11.1. The third kappa shape index (κ3) is 3.84. The van der Waals surface area contributed by atoms with Crippen molar-refractivity contribution in [1.29, 1.82) is 0 Å². The topological polar surface area (TPSA) is 40.5 Å². The van der Waals surface area contributed by atoms with Crippen molar-refractivity contribution >= 4 is 0 Å². The van der Waals surface area contributed by atoms with Gasteiger partial charge in [-0.3, -0.25) is 0 Å². The van der Waals surface area contributed by atoms with E-state index >= 15 is 0 Å². The van der Waals surface area contributed by atoms with E-state index in [9.17, 15) is 10.2 Å². The lowest BCUT2D eigenvalue weighted by atomic mass is 9.44. The summed E-state index contributed by atoms with van der Waals surface area (Å²) in [4.78, 5) is 0. The van der Waals surface area contributed by atoms with Crippen LogP contribution in [0.3, 0.4) is 0 Å². The van der Waals surface area contributed by atoms with E-state index in [-0.39, 0.29) is 6.61 Å². The average molecular weight is 405 g/mol. The second kappa shape index (κ2) is 8.12. The molecule has 2 heteroatoms. The van der Waals surface area contributed by atoms with Crippen molar-refractivity contribution in [3.05, 3.63) is 0 Å². The second-order valence-corrected chi connectivity index (χ2v) is 12.7. The quantitative estimate of drug-likeness (QED) is 0.524. The minimum Gasteiger partial charge on any atom is -0.393 e. The molecule has 4 saturated carbocycles. The molecule has 0 saturated heterocycles. The Kier molecular flexibility index (Phi) is 6.19. The monoisotopic (exact) mass is 404 g/mol. The normalized spacial score (nSPS) is 47.6. The number of aliphatic hydroxyl groups excluding tert-OH is 1. The van der Waals surface area contributed by atoms with Crippen LogP contribution in [-0.4, -0.2) is 22.4 Å². The molecule has 4 fully saturated rings. The van der Waals surface area contributed by atoms with Crippen LogP contribution in [0.2, 0.25) is 0 Å². The molecule has 9 atom stereocenters. The van der Waals surface area contributed by atoms with Crippen LogP contribution in [-0.2, 0) is 0 Å². The van der Waals surface area contributed by atoms with Gasteiger partial charge < -0.3 is 10.2 Å². The average Bonchev–Trinajstić information content (AvgIpc) is 3.04. The van der Waals surface area contributed by atoms with E-state index in [0.29, 0.717) is 10.8 Å². The van der Waals surface area contributed by atoms with Gasteiger partial charge in [0.15, 0.2) is 0 Å². The second-order valence-electron chi connectivity index (χ2n) is 12.7. The molecule has 0 aromatic carbocycles. The number of rotatable bonds is 6. The van der Waals surface area contributed by atoms with Gasteiger partial charge in [0, 0.05) is 0 Å². The standard InChI is InChI=1S/C27H48O2/c1-19(8-7-15-25(2,29)18-28)22-12-13-23-21-11-10-20-9-5-6-16-26(20,3)24(21)14-17-27(22,23)4/h19-24,28-29H,5-18H2,1-4H3/t19-,20?,21+,22-,23+,24+,25?,26+,27-/m1/s1. The molecule has 0 spiro atoms. The fraction of sp³-hybridized carbons (Fsp3) is 1.00. The van der Waals surface area contributed by atoms with Crippen LogP contribution in [0.4, 0.5) is 0 Å². The Balaban J connectivity index is 1.42. The van der Waals surface area contributed by atoms with Crippen molar-refractivity contribution in [2.75, 3.05) is 6.61 Å². The van der Waals surface area contributed by atoms with Gasteiger partial charge >= 0.3 is 0 Å². The molecule has 2 nitrogen and oxygen atoms in total. The summed E-state index contributed by atoms with van der Waals surface area (Å²) in [5.74, 6) is 5.61. The Hall–Kier alpha value is -0.0800. The van der Waals surface area contributed by atoms with E-state index in [1.54, 1.807) is 6.92 Å². The molecule has 29 heavy (non-hydrogen) atoms. The van der Waals surface area contributed by atoms with E-state index in [2.05, 4.69) is 20.8 Å². The molecule has 4 rings (SSSR count). The van der Waals surface area contributed by atoms with Crippen LogP contribution in [0.25, 0.3) is 0 Å². The van der Waals surface area contributed by atoms with Gasteiger partial charge in [-0.2, -0.15) is 0 Å². The van der Waals surface area contributed by atoms with E-state index in [1.807, 2.05) is 0 Å². The lowest BCUT2D eigenvalue weighted by Crippen LogP contribution is -2.53. The highest BCUT2D eigenvalue weighted by molar-refractivity contribution is 5.09. The van der Waals surface area contributed by atoms with Crippen LogP contribution in [0, 0.1) is 46.3 Å². The number of hydrogen-bond acceptors (Lipinski definition) is 2. The zero-order valence-corrected chi connectivity index (χ0v) is 19.8. The minimum absolute atomic E-state index is 0.118. The zero-order chi connectivity index (χ0) is 20.9. The molecule has 2 unspecified atom stereocenters. The molecule has 0 aromatic rings. The van der Waals surface area contributed by atoms with Gasteiger partial charge in [-0.25, -0.2) is 0 Å². The summed E-state index contributed by atoms with van der Waals surface area (Å²) in [6.45, 7) is 9.50. The minimum atomic E-state index is -0.895. The first-order valence-corrected chi connectivity index (χ1v) is 13.0. The van der Waals surface area contributed by atoms with Crippen molar-refractivity contribution in [3.63, 3.8) is 0 Å². The number of aliphatic hydroxyl groups is 2. The van der Waals surface area contributed by atoms with Gasteiger partial charge in [0.2, 0.25) is 0 Å². The van der Waals surface area contributed by atoms with E-state index < -0.39 is 5.60 Å². The maximum Gasteiger partial charge on any atom is 0.0849 e. The van der Waals surface area contributed by atoms with Gasteiger partial charge in [-0.15, -0.1) is 0 Å². The zero-order valence-electron chi connectivity index (χ0n) is 19.8. The first kappa shape index (κ1) is 22.1. The van der Waals surface area contributed by atoms with Crippen LogP contribution >= 0.6 is 0 Å². The van der Waals surface area contributed by atoms with Crippen molar-refractivity contribution in [1.82, 2.24) is 0 Å². The molecule has 0 aromatic heterocycles. The first-order valence-electron chi connectivity index (χ1n) is 13.0. The summed E-state index contributed by atoms with van der Waals surface area (Å²) < 4.78 is 0. The summed E-state index contributed by atoms with van der Waals surface area (Å²) in [6, 6.07) is 0. The summed E-state index contributed by atoms with van der Waals surface area (Å²) in [5.41, 5.74) is 0.313. The molecule has 0 heterocycles. The Labute approximate surface area is 180 Å². The number of hydrogen-bond donors (Lipinski definition) is 2. The highest BCUT2D eigenvalue weighted by atomic mass is 16.3. The Morgan fingerprint density at radius 2 is 1.69 bits per heavy atom. The molecule has 0 amide bonds. The highest BCUT2D eigenvalue weighted by Gasteiger charge is 2.60. The summed E-state index contributed by atoms with van der Waals surface area (Å²) in [5, 5.41) is 19.5. The Bertz CT molecular complexity index is 571. The van der Waals surface area contributed by atoms with Crippen molar-refractivity contribution < 1.29 is 10.2 Å². The van der Waals surface area contributed by atoms with E-state index in [1.165, 1.54) is 70.6 Å². The highest BCUT2D eigenvalue weighted by Crippen LogP contribution is 2.68. The maximum absolute atomic E-state index is 10.1. The molecule has 0 bridgehead atoms. The lowest BCUT2D eigenvalue weighted by molar-refractivity contribution is -0.114. The van der Waals surface area contributed by atoms with Gasteiger partial charge in [-0.1, -0.05) is 46.5 Å². The predicted octanol–water partition coefficient (Wildman–Crippen LogP) is 6.59. The Morgan fingerprint density at radius 3 is 2.45 bits per heavy atom. The van der Waals surface area contributed by atoms with Gasteiger partial charge in [0.05, 0.1) is 12.2 Å². The Morgan fingerprint density at radius 1 is 0.931 bits per heavy atom. The van der Waals surface area contributed by atoms with Crippen LogP contribution in [0.1, 0.15) is 111 Å². The fourth-order valence-corrected chi connectivity index (χ4v) is 9.36. The smallest absolute Gasteiger partial charge is 0.0849 e. The predicted molar refractivity (Wildman–Crippen MR) is 121 cm³/mol.